The van der Waals surface area contributed by atoms with Crippen LogP contribution in [0.2, 0.25) is 0 Å². The van der Waals surface area contributed by atoms with Crippen molar-refractivity contribution in [3.8, 4) is 5.75 Å². The normalized spacial score (nSPS) is 10.9. The lowest BCUT2D eigenvalue weighted by molar-refractivity contribution is 0.0950. The Morgan fingerprint density at radius 1 is 1.24 bits per heavy atom. The molecule has 0 atom stereocenters. The fourth-order valence-corrected chi connectivity index (χ4v) is 1.64. The molecule has 5 nitrogen and oxygen atoms in total. The van der Waals surface area contributed by atoms with Gasteiger partial charge < -0.3 is 4.74 Å². The molecule has 0 aliphatic heterocycles. The molecular weight excluding hydrogens is 266 g/mol. The highest BCUT2D eigenvalue weighted by molar-refractivity contribution is 5.92. The number of amides is 1. The number of nitrogens with one attached hydrogen (secondary N) is 1. The molecule has 1 aromatic carbocycles. The maximum absolute atomic E-state index is 11.6. The fourth-order valence-electron chi connectivity index (χ4n) is 1.64. The van der Waals surface area contributed by atoms with Crippen molar-refractivity contribution in [2.45, 2.75) is 0 Å². The summed E-state index contributed by atoms with van der Waals surface area (Å²) in [7, 11) is 1.62. The number of pyridine rings is 1. The lowest BCUT2D eigenvalue weighted by Crippen LogP contribution is -2.18. The number of benzene rings is 1. The van der Waals surface area contributed by atoms with Gasteiger partial charge in [0.25, 0.3) is 5.91 Å². The number of aromatic nitrogens is 1. The highest BCUT2D eigenvalue weighted by Crippen LogP contribution is 2.18. The molecule has 1 N–H and O–H groups in total. The first kappa shape index (κ1) is 14.5. The number of hydrogen-bond acceptors (Lipinski definition) is 4. The first-order chi connectivity index (χ1) is 10.3. The summed E-state index contributed by atoms with van der Waals surface area (Å²) in [5, 5.41) is 3.83. The zero-order valence-electron chi connectivity index (χ0n) is 11.6. The molecule has 1 amide bonds. The second kappa shape index (κ2) is 7.59. The van der Waals surface area contributed by atoms with Gasteiger partial charge in [0.1, 0.15) is 11.4 Å². The van der Waals surface area contributed by atoms with E-state index in [1.807, 2.05) is 30.3 Å². The fraction of sp³-hybridized carbons (Fsp3) is 0.0625. The van der Waals surface area contributed by atoms with E-state index in [2.05, 4.69) is 15.5 Å². The molecule has 0 spiro atoms. The van der Waals surface area contributed by atoms with E-state index in [1.54, 1.807) is 37.6 Å². The highest BCUT2D eigenvalue weighted by atomic mass is 16.5. The van der Waals surface area contributed by atoms with Gasteiger partial charge in [-0.2, -0.15) is 5.10 Å². The van der Waals surface area contributed by atoms with Crippen molar-refractivity contribution in [1.82, 2.24) is 10.4 Å². The zero-order chi connectivity index (χ0) is 14.9. The second-order valence-electron chi connectivity index (χ2n) is 4.04. The standard InChI is InChI=1S/C16H15N3O2/c1-21-15-10-3-2-7-13(15)8-6-12-18-19-16(20)14-9-4-5-11-17-14/h2-12H,1H3,(H,19,20). The lowest BCUT2D eigenvalue weighted by atomic mass is 10.2. The first-order valence-electron chi connectivity index (χ1n) is 6.35. The van der Waals surface area contributed by atoms with E-state index in [1.165, 1.54) is 6.21 Å². The number of carbonyl (C=O) groups is 1. The molecule has 0 aliphatic carbocycles. The molecule has 0 fully saturated rings. The van der Waals surface area contributed by atoms with Gasteiger partial charge in [0.2, 0.25) is 0 Å². The molecule has 0 radical (unpaired) electrons. The van der Waals surface area contributed by atoms with Crippen molar-refractivity contribution in [2.24, 2.45) is 5.10 Å². The van der Waals surface area contributed by atoms with Gasteiger partial charge in [-0.1, -0.05) is 24.3 Å². The Bertz CT molecular complexity index is 652. The molecule has 21 heavy (non-hydrogen) atoms. The average molecular weight is 281 g/mol. The third-order valence-corrected chi connectivity index (χ3v) is 2.64. The molecule has 0 bridgehead atoms. The van der Waals surface area contributed by atoms with Crippen LogP contribution in [0.25, 0.3) is 6.08 Å². The van der Waals surface area contributed by atoms with Gasteiger partial charge >= 0.3 is 0 Å². The molecule has 2 rings (SSSR count). The highest BCUT2D eigenvalue weighted by Gasteiger charge is 2.02. The van der Waals surface area contributed by atoms with Gasteiger partial charge in [0, 0.05) is 18.0 Å². The Balaban J connectivity index is 1.91. The smallest absolute Gasteiger partial charge is 0.289 e. The Morgan fingerprint density at radius 3 is 2.81 bits per heavy atom. The van der Waals surface area contributed by atoms with Gasteiger partial charge in [-0.05, 0) is 30.4 Å². The molecule has 5 heteroatoms. The van der Waals surface area contributed by atoms with E-state index >= 15 is 0 Å². The monoisotopic (exact) mass is 281 g/mol. The number of rotatable bonds is 5. The summed E-state index contributed by atoms with van der Waals surface area (Å²) in [5.41, 5.74) is 3.65. The lowest BCUT2D eigenvalue weighted by Gasteiger charge is -2.02. The van der Waals surface area contributed by atoms with E-state index in [0.717, 1.165) is 11.3 Å². The molecule has 0 saturated heterocycles. The molecule has 0 saturated carbocycles. The summed E-state index contributed by atoms with van der Waals surface area (Å²) >= 11 is 0. The minimum absolute atomic E-state index is 0.323. The molecule has 0 aliphatic rings. The predicted molar refractivity (Wildman–Crippen MR) is 82.2 cm³/mol. The quantitative estimate of drug-likeness (QED) is 0.676. The number of carbonyl (C=O) groups excluding carboxylic acids is 1. The van der Waals surface area contributed by atoms with Crippen LogP contribution in [0.15, 0.2) is 59.8 Å². The van der Waals surface area contributed by atoms with Gasteiger partial charge in [-0.3, -0.25) is 9.78 Å². The van der Waals surface area contributed by atoms with Crippen molar-refractivity contribution in [1.29, 1.82) is 0 Å². The number of allylic oxidation sites excluding steroid dienone is 1. The van der Waals surface area contributed by atoms with Crippen LogP contribution in [0.4, 0.5) is 0 Å². The maximum Gasteiger partial charge on any atom is 0.289 e. The van der Waals surface area contributed by atoms with Gasteiger partial charge in [-0.15, -0.1) is 0 Å². The minimum Gasteiger partial charge on any atom is -0.496 e. The maximum atomic E-state index is 11.6. The van der Waals surface area contributed by atoms with Gasteiger partial charge in [0.15, 0.2) is 0 Å². The van der Waals surface area contributed by atoms with E-state index in [9.17, 15) is 4.79 Å². The SMILES string of the molecule is COc1ccccc1C=CC=NNC(=O)c1ccccn1. The van der Waals surface area contributed by atoms with Crippen LogP contribution in [0.1, 0.15) is 16.1 Å². The van der Waals surface area contributed by atoms with Crippen molar-refractivity contribution >= 4 is 18.2 Å². The van der Waals surface area contributed by atoms with Gasteiger partial charge in [-0.25, -0.2) is 5.43 Å². The summed E-state index contributed by atoms with van der Waals surface area (Å²) in [4.78, 5) is 15.6. The predicted octanol–water partition coefficient (Wildman–Crippen LogP) is 2.52. The van der Waals surface area contributed by atoms with Crippen molar-refractivity contribution < 1.29 is 9.53 Å². The molecule has 1 heterocycles. The summed E-state index contributed by atoms with van der Waals surface area (Å²) in [6.45, 7) is 0. The molecule has 106 valence electrons. The third kappa shape index (κ3) is 4.28. The topological polar surface area (TPSA) is 63.6 Å². The van der Waals surface area contributed by atoms with Crippen molar-refractivity contribution in [3.63, 3.8) is 0 Å². The molecule has 0 unspecified atom stereocenters. The number of hydrogen-bond donors (Lipinski definition) is 1. The second-order valence-corrected chi connectivity index (χ2v) is 4.04. The van der Waals surface area contributed by atoms with E-state index < -0.39 is 0 Å². The van der Waals surface area contributed by atoms with Crippen LogP contribution in [0.5, 0.6) is 5.75 Å². The van der Waals surface area contributed by atoms with Crippen LogP contribution in [0, 0.1) is 0 Å². The van der Waals surface area contributed by atoms with Gasteiger partial charge in [0.05, 0.1) is 7.11 Å². The van der Waals surface area contributed by atoms with E-state index in [-0.39, 0.29) is 5.91 Å². The number of para-hydroxylation sites is 1. The summed E-state index contributed by atoms with van der Waals surface area (Å²) < 4.78 is 5.22. The first-order valence-corrected chi connectivity index (χ1v) is 6.35. The average Bonchev–Trinajstić information content (AvgIpc) is 2.55. The van der Waals surface area contributed by atoms with Crippen LogP contribution < -0.4 is 10.2 Å². The summed E-state index contributed by atoms with van der Waals surface area (Å²) in [5.74, 6) is 0.428. The van der Waals surface area contributed by atoms with E-state index in [4.69, 9.17) is 4.74 Å². The number of hydrazone groups is 1. The van der Waals surface area contributed by atoms with Crippen LogP contribution >= 0.6 is 0 Å². The molecular formula is C16H15N3O2. The molecule has 1 aromatic heterocycles. The van der Waals surface area contributed by atoms with Crippen LogP contribution in [-0.4, -0.2) is 24.2 Å². The number of ether oxygens (including phenoxy) is 1. The Kier molecular flexibility index (Phi) is 5.23. The zero-order valence-corrected chi connectivity index (χ0v) is 11.6. The van der Waals surface area contributed by atoms with Crippen LogP contribution in [-0.2, 0) is 0 Å². The number of methoxy groups -OCH3 is 1. The van der Waals surface area contributed by atoms with Crippen molar-refractivity contribution in [3.05, 3.63) is 66.0 Å². The summed E-state index contributed by atoms with van der Waals surface area (Å²) in [6.07, 6.45) is 6.61. The van der Waals surface area contributed by atoms with E-state index in [0.29, 0.717) is 5.69 Å². The Morgan fingerprint density at radius 2 is 2.05 bits per heavy atom. The van der Waals surface area contributed by atoms with Crippen LogP contribution in [0.3, 0.4) is 0 Å². The minimum atomic E-state index is -0.349. The Hall–Kier alpha value is -2.95. The Labute approximate surface area is 123 Å². The third-order valence-electron chi connectivity index (χ3n) is 2.64. The summed E-state index contributed by atoms with van der Waals surface area (Å²) in [6, 6.07) is 12.7. The van der Waals surface area contributed by atoms with Crippen molar-refractivity contribution in [2.75, 3.05) is 7.11 Å². The number of nitrogens with zero attached hydrogens (tertiary/aromatic N) is 2. The largest absolute Gasteiger partial charge is 0.496 e. The molecule has 2 aromatic rings.